The van der Waals surface area contributed by atoms with Crippen molar-refractivity contribution >= 4 is 5.78 Å². The van der Waals surface area contributed by atoms with Gasteiger partial charge in [0.15, 0.2) is 5.78 Å². The van der Waals surface area contributed by atoms with E-state index in [1.165, 1.54) is 31.3 Å². The van der Waals surface area contributed by atoms with Crippen LogP contribution in [-0.2, 0) is 4.79 Å². The van der Waals surface area contributed by atoms with Crippen LogP contribution in [-0.4, -0.2) is 5.78 Å². The Kier molecular flexibility index (Phi) is 0.964. The van der Waals surface area contributed by atoms with E-state index >= 15 is 0 Å². The maximum absolute atomic E-state index is 11.3. The summed E-state index contributed by atoms with van der Waals surface area (Å²) < 4.78 is 0. The van der Waals surface area contributed by atoms with Crippen LogP contribution < -0.4 is 0 Å². The van der Waals surface area contributed by atoms with Crippen molar-refractivity contribution in [1.29, 1.82) is 0 Å². The molecule has 0 amide bonds. The summed E-state index contributed by atoms with van der Waals surface area (Å²) in [7, 11) is 0. The smallest absolute Gasteiger partial charge is 0.156 e. The number of rotatable bonds is 0. The van der Waals surface area contributed by atoms with E-state index in [9.17, 15) is 4.79 Å². The second-order valence-corrected chi connectivity index (χ2v) is 4.99. The highest BCUT2D eigenvalue weighted by atomic mass is 16.1. The van der Waals surface area contributed by atoms with E-state index in [2.05, 4.69) is 6.92 Å². The standard InChI is InChI=1S/C11H14O/c1-10-4-2-3-8-5-9(12)6-11(8,10)7-10/h5H,2-4,6-7H2,1H3/t10-,11-/m0/s1. The van der Waals surface area contributed by atoms with Gasteiger partial charge in [0.25, 0.3) is 0 Å². The summed E-state index contributed by atoms with van der Waals surface area (Å²) in [4.78, 5) is 11.3. The van der Waals surface area contributed by atoms with E-state index < -0.39 is 0 Å². The second-order valence-electron chi connectivity index (χ2n) is 4.99. The van der Waals surface area contributed by atoms with Gasteiger partial charge >= 0.3 is 0 Å². The fraction of sp³-hybridized carbons (Fsp3) is 0.727. The molecule has 2 saturated carbocycles. The van der Waals surface area contributed by atoms with E-state index in [1.807, 2.05) is 6.08 Å². The summed E-state index contributed by atoms with van der Waals surface area (Å²) in [5.74, 6) is 0.385. The average Bonchev–Trinajstić information content (AvgIpc) is 2.44. The molecule has 2 atom stereocenters. The first-order valence-corrected chi connectivity index (χ1v) is 4.90. The Bertz CT molecular complexity index is 302. The van der Waals surface area contributed by atoms with Gasteiger partial charge in [0, 0.05) is 11.8 Å². The quantitative estimate of drug-likeness (QED) is 0.534. The normalized spacial score (nSPS) is 49.8. The molecule has 0 radical (unpaired) electrons. The Morgan fingerprint density at radius 1 is 1.50 bits per heavy atom. The predicted molar refractivity (Wildman–Crippen MR) is 46.7 cm³/mol. The minimum Gasteiger partial charge on any atom is -0.295 e. The molecule has 0 aliphatic heterocycles. The van der Waals surface area contributed by atoms with Gasteiger partial charge in [-0.2, -0.15) is 0 Å². The van der Waals surface area contributed by atoms with Gasteiger partial charge in [-0.25, -0.2) is 0 Å². The SMILES string of the molecule is C[C@@]12CCCC3=CC(=O)C[C@]31C2. The molecule has 3 aliphatic carbocycles. The van der Waals surface area contributed by atoms with Gasteiger partial charge in [-0.05, 0) is 37.2 Å². The number of allylic oxidation sites excluding steroid dienone is 2. The first-order chi connectivity index (χ1) is 5.66. The lowest BCUT2D eigenvalue weighted by atomic mass is 9.78. The highest BCUT2D eigenvalue weighted by molar-refractivity contribution is 5.95. The van der Waals surface area contributed by atoms with Crippen molar-refractivity contribution in [1.82, 2.24) is 0 Å². The molecule has 2 fully saturated rings. The fourth-order valence-electron chi connectivity index (χ4n) is 3.50. The first kappa shape index (κ1) is 6.88. The summed E-state index contributed by atoms with van der Waals surface area (Å²) in [6, 6.07) is 0. The van der Waals surface area contributed by atoms with Gasteiger partial charge in [-0.3, -0.25) is 4.79 Å². The third-order valence-electron chi connectivity index (χ3n) is 4.32. The van der Waals surface area contributed by atoms with Crippen LogP contribution in [0.4, 0.5) is 0 Å². The van der Waals surface area contributed by atoms with Crippen LogP contribution in [0.2, 0.25) is 0 Å². The Hall–Kier alpha value is -0.590. The molecule has 1 heteroatoms. The lowest BCUT2D eigenvalue weighted by molar-refractivity contribution is -0.114. The molecule has 0 heterocycles. The van der Waals surface area contributed by atoms with Crippen LogP contribution in [0.15, 0.2) is 11.6 Å². The van der Waals surface area contributed by atoms with Crippen LogP contribution in [0, 0.1) is 10.8 Å². The van der Waals surface area contributed by atoms with Gasteiger partial charge in [0.05, 0.1) is 0 Å². The second kappa shape index (κ2) is 1.68. The van der Waals surface area contributed by atoms with Crippen LogP contribution in [0.1, 0.15) is 39.0 Å². The molecule has 1 spiro atoms. The van der Waals surface area contributed by atoms with E-state index in [0.717, 1.165) is 6.42 Å². The lowest BCUT2D eigenvalue weighted by Crippen LogP contribution is -2.16. The number of carbonyl (C=O) groups excluding carboxylic acids is 1. The number of hydrogen-bond acceptors (Lipinski definition) is 1. The highest BCUT2D eigenvalue weighted by Gasteiger charge is 2.68. The minimum atomic E-state index is 0.377. The van der Waals surface area contributed by atoms with Crippen LogP contribution >= 0.6 is 0 Å². The summed E-state index contributed by atoms with van der Waals surface area (Å²) in [6.07, 6.45) is 7.90. The Morgan fingerprint density at radius 2 is 2.33 bits per heavy atom. The largest absolute Gasteiger partial charge is 0.295 e. The van der Waals surface area contributed by atoms with Crippen molar-refractivity contribution in [3.63, 3.8) is 0 Å². The molecule has 1 nitrogen and oxygen atoms in total. The zero-order chi connectivity index (χ0) is 8.40. The van der Waals surface area contributed by atoms with Crippen molar-refractivity contribution in [2.24, 2.45) is 10.8 Å². The molecule has 0 unspecified atom stereocenters. The van der Waals surface area contributed by atoms with Crippen molar-refractivity contribution in [3.8, 4) is 0 Å². The summed E-state index contributed by atoms with van der Waals surface area (Å²) >= 11 is 0. The molecule has 12 heavy (non-hydrogen) atoms. The number of ketones is 1. The monoisotopic (exact) mass is 162 g/mol. The fourth-order valence-corrected chi connectivity index (χ4v) is 3.50. The Morgan fingerprint density at radius 3 is 3.08 bits per heavy atom. The zero-order valence-electron chi connectivity index (χ0n) is 7.52. The first-order valence-electron chi connectivity index (χ1n) is 4.90. The number of carbonyl (C=O) groups is 1. The molecule has 0 bridgehead atoms. The molecular weight excluding hydrogens is 148 g/mol. The molecule has 0 aromatic heterocycles. The maximum Gasteiger partial charge on any atom is 0.156 e. The maximum atomic E-state index is 11.3. The Balaban J connectivity index is 2.07. The molecule has 64 valence electrons. The van der Waals surface area contributed by atoms with E-state index in [0.29, 0.717) is 16.6 Å². The molecule has 3 aliphatic rings. The molecule has 0 aromatic carbocycles. The summed E-state index contributed by atoms with van der Waals surface area (Å²) in [5.41, 5.74) is 2.38. The molecular formula is C11H14O. The lowest BCUT2D eigenvalue weighted by Gasteiger charge is -2.26. The van der Waals surface area contributed by atoms with Gasteiger partial charge in [-0.1, -0.05) is 12.5 Å². The number of hydrogen-bond donors (Lipinski definition) is 0. The topological polar surface area (TPSA) is 17.1 Å². The Labute approximate surface area is 72.8 Å². The van der Waals surface area contributed by atoms with Crippen molar-refractivity contribution in [2.45, 2.75) is 39.0 Å². The van der Waals surface area contributed by atoms with E-state index in [1.54, 1.807) is 0 Å². The minimum absolute atomic E-state index is 0.377. The molecule has 3 rings (SSSR count). The summed E-state index contributed by atoms with van der Waals surface area (Å²) in [6.45, 7) is 2.36. The predicted octanol–water partition coefficient (Wildman–Crippen LogP) is 2.47. The third kappa shape index (κ3) is 0.562. The van der Waals surface area contributed by atoms with E-state index in [4.69, 9.17) is 0 Å². The summed E-state index contributed by atoms with van der Waals surface area (Å²) in [5, 5.41) is 0. The third-order valence-corrected chi connectivity index (χ3v) is 4.32. The van der Waals surface area contributed by atoms with Crippen LogP contribution in [0.5, 0.6) is 0 Å². The zero-order valence-corrected chi connectivity index (χ0v) is 7.52. The molecule has 0 saturated heterocycles. The van der Waals surface area contributed by atoms with Gasteiger partial charge in [-0.15, -0.1) is 0 Å². The van der Waals surface area contributed by atoms with Crippen molar-refractivity contribution in [3.05, 3.63) is 11.6 Å². The van der Waals surface area contributed by atoms with Gasteiger partial charge < -0.3 is 0 Å². The average molecular weight is 162 g/mol. The van der Waals surface area contributed by atoms with Crippen molar-refractivity contribution in [2.75, 3.05) is 0 Å². The van der Waals surface area contributed by atoms with Gasteiger partial charge in [0.1, 0.15) is 0 Å². The van der Waals surface area contributed by atoms with Crippen LogP contribution in [0.3, 0.4) is 0 Å². The highest BCUT2D eigenvalue weighted by Crippen LogP contribution is 2.76. The van der Waals surface area contributed by atoms with Gasteiger partial charge in [0.2, 0.25) is 0 Å². The van der Waals surface area contributed by atoms with Crippen LogP contribution in [0.25, 0.3) is 0 Å². The molecule has 0 N–H and O–H groups in total. The van der Waals surface area contributed by atoms with Crippen molar-refractivity contribution < 1.29 is 4.79 Å². The van der Waals surface area contributed by atoms with E-state index in [-0.39, 0.29) is 0 Å². The molecule has 0 aromatic rings.